The van der Waals surface area contributed by atoms with E-state index < -0.39 is 0 Å². The van der Waals surface area contributed by atoms with Crippen molar-refractivity contribution in [2.24, 2.45) is 0 Å². The summed E-state index contributed by atoms with van der Waals surface area (Å²) in [5.74, 6) is 0. The third-order valence-corrected chi connectivity index (χ3v) is 3.31. The number of hydrogen-bond acceptors (Lipinski definition) is 3. The maximum absolute atomic E-state index is 4.27. The van der Waals surface area contributed by atoms with Crippen LogP contribution in [0.4, 0.5) is 5.69 Å². The van der Waals surface area contributed by atoms with Crippen LogP contribution in [-0.4, -0.2) is 4.98 Å². The maximum atomic E-state index is 4.27. The van der Waals surface area contributed by atoms with Gasteiger partial charge in [-0.3, -0.25) is 0 Å². The van der Waals surface area contributed by atoms with Crippen molar-refractivity contribution in [1.29, 1.82) is 0 Å². The molecule has 0 radical (unpaired) electrons. The van der Waals surface area contributed by atoms with Gasteiger partial charge in [0, 0.05) is 11.1 Å². The fourth-order valence-corrected chi connectivity index (χ4v) is 2.34. The van der Waals surface area contributed by atoms with Crippen molar-refractivity contribution in [3.05, 3.63) is 45.9 Å². The average molecular weight is 232 g/mol. The van der Waals surface area contributed by atoms with Gasteiger partial charge in [0.15, 0.2) is 0 Å². The highest BCUT2D eigenvalue weighted by Crippen LogP contribution is 2.21. The van der Waals surface area contributed by atoms with Gasteiger partial charge in [-0.1, -0.05) is 25.1 Å². The van der Waals surface area contributed by atoms with Crippen molar-refractivity contribution in [1.82, 2.24) is 4.98 Å². The first-order valence-electron chi connectivity index (χ1n) is 5.50. The van der Waals surface area contributed by atoms with Gasteiger partial charge in [0.25, 0.3) is 0 Å². The van der Waals surface area contributed by atoms with E-state index in [0.29, 0.717) is 0 Å². The molecule has 1 N–H and O–H groups in total. The van der Waals surface area contributed by atoms with Gasteiger partial charge in [-0.15, -0.1) is 11.3 Å². The van der Waals surface area contributed by atoms with E-state index in [4.69, 9.17) is 0 Å². The molecule has 2 aromatic rings. The Labute approximate surface area is 100 Å². The number of benzene rings is 1. The largest absolute Gasteiger partial charge is 0.379 e. The lowest BCUT2D eigenvalue weighted by Crippen LogP contribution is -2.04. The van der Waals surface area contributed by atoms with Gasteiger partial charge in [0.1, 0.15) is 0 Å². The van der Waals surface area contributed by atoms with E-state index in [2.05, 4.69) is 47.7 Å². The minimum atomic E-state index is 0.807. The van der Waals surface area contributed by atoms with Crippen LogP contribution in [0.15, 0.2) is 29.1 Å². The van der Waals surface area contributed by atoms with E-state index >= 15 is 0 Å². The average Bonchev–Trinajstić information content (AvgIpc) is 2.80. The minimum Gasteiger partial charge on any atom is -0.379 e. The van der Waals surface area contributed by atoms with Gasteiger partial charge in [-0.05, 0) is 24.5 Å². The molecule has 16 heavy (non-hydrogen) atoms. The van der Waals surface area contributed by atoms with Crippen molar-refractivity contribution in [3.8, 4) is 0 Å². The molecule has 1 aromatic heterocycles. The van der Waals surface area contributed by atoms with Gasteiger partial charge in [0.05, 0.1) is 17.7 Å². The number of anilines is 1. The summed E-state index contributed by atoms with van der Waals surface area (Å²) in [7, 11) is 0. The molecule has 1 aromatic carbocycles. The molecule has 0 atom stereocenters. The van der Waals surface area contributed by atoms with E-state index in [9.17, 15) is 0 Å². The van der Waals surface area contributed by atoms with Crippen molar-refractivity contribution in [3.63, 3.8) is 0 Å². The monoisotopic (exact) mass is 232 g/mol. The quantitative estimate of drug-likeness (QED) is 0.870. The number of thiazole rings is 1. The molecule has 0 fully saturated rings. The van der Waals surface area contributed by atoms with Crippen LogP contribution in [0.25, 0.3) is 0 Å². The molecule has 2 rings (SSSR count). The van der Waals surface area contributed by atoms with E-state index in [1.807, 2.05) is 5.51 Å². The number of aryl methyl sites for hydroxylation is 2. The molecule has 0 aliphatic carbocycles. The molecule has 3 heteroatoms. The zero-order valence-corrected chi connectivity index (χ0v) is 10.5. The smallest absolute Gasteiger partial charge is 0.0795 e. The number of para-hydroxylation sites is 1. The van der Waals surface area contributed by atoms with Crippen LogP contribution in [0, 0.1) is 6.92 Å². The third-order valence-electron chi connectivity index (χ3n) is 2.67. The first-order chi connectivity index (χ1) is 7.81. The van der Waals surface area contributed by atoms with Crippen LogP contribution in [0.1, 0.15) is 23.7 Å². The topological polar surface area (TPSA) is 24.9 Å². The highest BCUT2D eigenvalue weighted by molar-refractivity contribution is 7.07. The first kappa shape index (κ1) is 11.1. The number of rotatable bonds is 4. The number of nitrogens with zero attached hydrogens (tertiary/aromatic N) is 1. The lowest BCUT2D eigenvalue weighted by atomic mass is 10.1. The molecular formula is C13H16N2S. The fourth-order valence-electron chi connectivity index (χ4n) is 1.78. The lowest BCUT2D eigenvalue weighted by molar-refractivity contribution is 1.04. The van der Waals surface area contributed by atoms with Crippen LogP contribution in [-0.2, 0) is 13.0 Å². The molecule has 84 valence electrons. The normalized spacial score (nSPS) is 10.4. The highest BCUT2D eigenvalue weighted by Gasteiger charge is 2.03. The van der Waals surface area contributed by atoms with Crippen molar-refractivity contribution in [2.45, 2.75) is 26.8 Å². The zero-order chi connectivity index (χ0) is 11.4. The van der Waals surface area contributed by atoms with E-state index in [-0.39, 0.29) is 0 Å². The number of hydrogen-bond donors (Lipinski definition) is 1. The Kier molecular flexibility index (Phi) is 3.57. The third kappa shape index (κ3) is 2.42. The molecule has 2 nitrogen and oxygen atoms in total. The number of aromatic nitrogens is 1. The summed E-state index contributed by atoms with van der Waals surface area (Å²) in [4.78, 5) is 4.27. The molecule has 0 saturated heterocycles. The molecule has 1 heterocycles. The molecule has 0 aliphatic heterocycles. The summed E-state index contributed by atoms with van der Waals surface area (Å²) >= 11 is 1.64. The summed E-state index contributed by atoms with van der Waals surface area (Å²) in [5.41, 5.74) is 6.91. The molecule has 0 spiro atoms. The Morgan fingerprint density at radius 3 is 2.94 bits per heavy atom. The Bertz CT molecular complexity index is 449. The SMILES string of the molecule is CCc1cccc(C)c1NCc1cscn1. The van der Waals surface area contributed by atoms with Crippen molar-refractivity contribution < 1.29 is 0 Å². The summed E-state index contributed by atoms with van der Waals surface area (Å²) < 4.78 is 0. The van der Waals surface area contributed by atoms with Gasteiger partial charge in [0.2, 0.25) is 0 Å². The summed E-state index contributed by atoms with van der Waals surface area (Å²) in [6.07, 6.45) is 1.06. The molecule has 0 amide bonds. The van der Waals surface area contributed by atoms with Crippen molar-refractivity contribution in [2.75, 3.05) is 5.32 Å². The Balaban J connectivity index is 2.14. The highest BCUT2D eigenvalue weighted by atomic mass is 32.1. The second-order valence-electron chi connectivity index (χ2n) is 3.80. The van der Waals surface area contributed by atoms with Gasteiger partial charge < -0.3 is 5.32 Å². The lowest BCUT2D eigenvalue weighted by Gasteiger charge is -2.12. The molecule has 0 aliphatic rings. The minimum absolute atomic E-state index is 0.807. The molecule has 0 saturated carbocycles. The zero-order valence-electron chi connectivity index (χ0n) is 9.66. The molecule has 0 bridgehead atoms. The summed E-state index contributed by atoms with van der Waals surface area (Å²) in [6.45, 7) is 5.13. The van der Waals surface area contributed by atoms with Gasteiger partial charge >= 0.3 is 0 Å². The van der Waals surface area contributed by atoms with Crippen LogP contribution < -0.4 is 5.32 Å². The second kappa shape index (κ2) is 5.12. The Morgan fingerprint density at radius 2 is 2.25 bits per heavy atom. The van der Waals surface area contributed by atoms with Crippen LogP contribution in [0.3, 0.4) is 0 Å². The van der Waals surface area contributed by atoms with E-state index in [1.165, 1.54) is 16.8 Å². The predicted octanol–water partition coefficient (Wildman–Crippen LogP) is 3.63. The number of nitrogens with one attached hydrogen (secondary N) is 1. The van der Waals surface area contributed by atoms with Gasteiger partial charge in [-0.2, -0.15) is 0 Å². The van der Waals surface area contributed by atoms with E-state index in [0.717, 1.165) is 18.7 Å². The Hall–Kier alpha value is -1.35. The van der Waals surface area contributed by atoms with E-state index in [1.54, 1.807) is 11.3 Å². The van der Waals surface area contributed by atoms with Crippen molar-refractivity contribution >= 4 is 17.0 Å². The summed E-state index contributed by atoms with van der Waals surface area (Å²) in [6, 6.07) is 6.43. The van der Waals surface area contributed by atoms with Crippen LogP contribution >= 0.6 is 11.3 Å². The predicted molar refractivity (Wildman–Crippen MR) is 70.0 cm³/mol. The van der Waals surface area contributed by atoms with Crippen LogP contribution in [0.2, 0.25) is 0 Å². The maximum Gasteiger partial charge on any atom is 0.0795 e. The standard InChI is InChI=1S/C13H16N2S/c1-3-11-6-4-5-10(2)13(11)14-7-12-8-16-9-15-12/h4-6,8-9,14H,3,7H2,1-2H3. The van der Waals surface area contributed by atoms with Gasteiger partial charge in [-0.25, -0.2) is 4.98 Å². The second-order valence-corrected chi connectivity index (χ2v) is 4.51. The summed E-state index contributed by atoms with van der Waals surface area (Å²) in [5, 5.41) is 5.56. The molecule has 0 unspecified atom stereocenters. The first-order valence-corrected chi connectivity index (χ1v) is 6.45. The Morgan fingerprint density at radius 1 is 1.38 bits per heavy atom. The molecular weight excluding hydrogens is 216 g/mol. The van der Waals surface area contributed by atoms with Crippen LogP contribution in [0.5, 0.6) is 0 Å². The fraction of sp³-hybridized carbons (Fsp3) is 0.308.